The second kappa shape index (κ2) is 9.74. The number of aromatic nitrogens is 3. The lowest BCUT2D eigenvalue weighted by Crippen LogP contribution is -2.35. The van der Waals surface area contributed by atoms with Gasteiger partial charge in [-0.3, -0.25) is 14.8 Å². The van der Waals surface area contributed by atoms with Gasteiger partial charge >= 0.3 is 12.3 Å². The van der Waals surface area contributed by atoms with E-state index in [1.54, 1.807) is 0 Å². The van der Waals surface area contributed by atoms with Gasteiger partial charge in [-0.2, -0.15) is 27.1 Å². The third kappa shape index (κ3) is 5.23. The molecule has 1 unspecified atom stereocenters. The molecule has 0 spiro atoms. The maximum absolute atomic E-state index is 14.9. The van der Waals surface area contributed by atoms with E-state index in [9.17, 15) is 40.3 Å². The van der Waals surface area contributed by atoms with Crippen LogP contribution in [0.3, 0.4) is 0 Å². The molecule has 8 nitrogen and oxygen atoms in total. The van der Waals surface area contributed by atoms with Crippen molar-refractivity contribution >= 4 is 33.7 Å². The van der Waals surface area contributed by atoms with Crippen molar-refractivity contribution in [3.63, 3.8) is 0 Å². The van der Waals surface area contributed by atoms with Gasteiger partial charge in [0.1, 0.15) is 29.7 Å². The molecule has 3 aromatic rings. The first-order valence-electron chi connectivity index (χ1n) is 11.6. The van der Waals surface area contributed by atoms with E-state index in [2.05, 4.69) is 31.3 Å². The van der Waals surface area contributed by atoms with Crippen molar-refractivity contribution < 1.29 is 45.4 Å². The largest absolute Gasteiger partial charge is 0.465 e. The molecule has 2 amide bonds. The van der Waals surface area contributed by atoms with E-state index in [1.807, 2.05) is 5.32 Å². The van der Waals surface area contributed by atoms with Crippen LogP contribution < -0.4 is 10.6 Å². The summed E-state index contributed by atoms with van der Waals surface area (Å²) in [6, 6.07) is 3.97. The average Bonchev–Trinajstić information content (AvgIpc) is 3.47. The van der Waals surface area contributed by atoms with Crippen molar-refractivity contribution in [2.24, 2.45) is 5.92 Å². The molecule has 40 heavy (non-hydrogen) atoms. The summed E-state index contributed by atoms with van der Waals surface area (Å²) in [5.41, 5.74) is -3.02. The van der Waals surface area contributed by atoms with Crippen molar-refractivity contribution in [3.8, 4) is 0 Å². The summed E-state index contributed by atoms with van der Waals surface area (Å²) in [5.74, 6) is -9.00. The van der Waals surface area contributed by atoms with Gasteiger partial charge in [0.05, 0.1) is 11.7 Å². The number of amides is 2. The zero-order chi connectivity index (χ0) is 29.1. The van der Waals surface area contributed by atoms with Crippen molar-refractivity contribution in [2.75, 3.05) is 5.32 Å². The molecule has 3 N–H and O–H groups in total. The summed E-state index contributed by atoms with van der Waals surface area (Å²) in [6.07, 6.45) is -6.91. The number of hydrogen-bond acceptors (Lipinski definition) is 4. The predicted octanol–water partition coefficient (Wildman–Crippen LogP) is 5.74. The Morgan fingerprint density at radius 3 is 2.48 bits per heavy atom. The van der Waals surface area contributed by atoms with Gasteiger partial charge in [-0.1, -0.05) is 0 Å². The number of nitrogens with zero attached hydrogens (tertiary/aromatic N) is 3. The number of nitrogens with one attached hydrogen (secondary N) is 2. The molecule has 2 heterocycles. The monoisotopic (exact) mass is 635 g/mol. The molecule has 1 aromatic carbocycles. The Kier molecular flexibility index (Phi) is 6.79. The number of rotatable bonds is 7. The molecule has 212 valence electrons. The molecule has 2 aliphatic rings. The Bertz CT molecular complexity index is 1510. The lowest BCUT2D eigenvalue weighted by Gasteiger charge is -2.21. The summed E-state index contributed by atoms with van der Waals surface area (Å²) in [4.78, 5) is 28.2. The van der Waals surface area contributed by atoms with Crippen LogP contribution in [0, 0.1) is 17.6 Å². The Labute approximate surface area is 228 Å². The summed E-state index contributed by atoms with van der Waals surface area (Å²) in [6.45, 7) is -1.02. The van der Waals surface area contributed by atoms with Crippen molar-refractivity contribution in [2.45, 2.75) is 43.4 Å². The Morgan fingerprint density at radius 1 is 1.18 bits per heavy atom. The summed E-state index contributed by atoms with van der Waals surface area (Å²) < 4.78 is 98.8. The van der Waals surface area contributed by atoms with Crippen molar-refractivity contribution in [1.29, 1.82) is 0 Å². The maximum Gasteiger partial charge on any atom is 0.435 e. The molecule has 5 rings (SSSR count). The first-order chi connectivity index (χ1) is 18.6. The molecule has 0 aliphatic heterocycles. The Hall–Kier alpha value is -3.69. The number of fused-ring (bicyclic) bond motifs is 3. The van der Waals surface area contributed by atoms with Crippen LogP contribution in [0.4, 0.5) is 41.3 Å². The van der Waals surface area contributed by atoms with Gasteiger partial charge in [-0.05, 0) is 64.5 Å². The van der Waals surface area contributed by atoms with E-state index < -0.39 is 77.1 Å². The van der Waals surface area contributed by atoms with E-state index in [4.69, 9.17) is 5.11 Å². The second-order valence-electron chi connectivity index (χ2n) is 9.43. The molecule has 3 atom stereocenters. The number of alkyl halides is 5. The molecule has 16 heteroatoms. The number of halogens is 8. The molecular formula is C24H17BrF7N5O3. The summed E-state index contributed by atoms with van der Waals surface area (Å²) in [7, 11) is 0. The van der Waals surface area contributed by atoms with Crippen LogP contribution >= 0.6 is 15.9 Å². The van der Waals surface area contributed by atoms with Gasteiger partial charge in [0.2, 0.25) is 5.91 Å². The number of carbonyl (C=O) groups excluding carboxylic acids is 1. The number of carbonyl (C=O) groups is 2. The highest BCUT2D eigenvalue weighted by Crippen LogP contribution is 2.68. The van der Waals surface area contributed by atoms with Crippen LogP contribution in [0.5, 0.6) is 0 Å². The molecule has 0 bridgehead atoms. The molecule has 0 saturated heterocycles. The van der Waals surface area contributed by atoms with Crippen molar-refractivity contribution in [1.82, 2.24) is 20.1 Å². The van der Waals surface area contributed by atoms with Crippen molar-refractivity contribution in [3.05, 3.63) is 74.6 Å². The minimum absolute atomic E-state index is 0.0162. The topological polar surface area (TPSA) is 109 Å². The lowest BCUT2D eigenvalue weighted by atomic mass is 10.0. The van der Waals surface area contributed by atoms with E-state index in [-0.39, 0.29) is 34.4 Å². The van der Waals surface area contributed by atoms with Crippen LogP contribution in [0.15, 0.2) is 34.8 Å². The number of benzene rings is 1. The fraction of sp³-hybridized carbons (Fsp3) is 0.333. The third-order valence-electron chi connectivity index (χ3n) is 6.63. The maximum atomic E-state index is 14.9. The molecule has 2 aromatic heterocycles. The van der Waals surface area contributed by atoms with E-state index in [1.165, 1.54) is 12.1 Å². The van der Waals surface area contributed by atoms with E-state index in [0.717, 1.165) is 12.1 Å². The number of anilines is 1. The van der Waals surface area contributed by atoms with E-state index >= 15 is 0 Å². The number of pyridine rings is 1. The minimum Gasteiger partial charge on any atom is -0.465 e. The highest BCUT2D eigenvalue weighted by molar-refractivity contribution is 9.10. The normalized spacial score (nSPS) is 19.5. The molecular weight excluding hydrogens is 619 g/mol. The zero-order valence-corrected chi connectivity index (χ0v) is 21.5. The van der Waals surface area contributed by atoms with Gasteiger partial charge in [0.15, 0.2) is 5.69 Å². The SMILES string of the molecule is O=C(O)Nc1ccc(Br)c(C(Cc2cc(F)cc(F)c2)NC(=O)Cn2nc(C(F)(F)F)c3c2C(F)(F)[C@@H]2C[C@H]32)n1. The van der Waals surface area contributed by atoms with Crippen LogP contribution in [0.1, 0.15) is 46.6 Å². The fourth-order valence-corrected chi connectivity index (χ4v) is 5.53. The molecule has 1 fully saturated rings. The van der Waals surface area contributed by atoms with Crippen LogP contribution in [-0.2, 0) is 29.9 Å². The minimum atomic E-state index is -5.02. The average molecular weight is 636 g/mol. The van der Waals surface area contributed by atoms with Gasteiger partial charge in [-0.15, -0.1) is 0 Å². The second-order valence-corrected chi connectivity index (χ2v) is 10.3. The zero-order valence-electron chi connectivity index (χ0n) is 19.9. The van der Waals surface area contributed by atoms with Gasteiger partial charge in [0.25, 0.3) is 5.92 Å². The summed E-state index contributed by atoms with van der Waals surface area (Å²) in [5, 5.41) is 16.8. The smallest absolute Gasteiger partial charge is 0.435 e. The van der Waals surface area contributed by atoms with Gasteiger partial charge < -0.3 is 10.4 Å². The lowest BCUT2D eigenvalue weighted by molar-refractivity contribution is -0.142. The first-order valence-corrected chi connectivity index (χ1v) is 12.4. The van der Waals surface area contributed by atoms with Gasteiger partial charge in [-0.25, -0.2) is 18.6 Å². The molecule has 1 saturated carbocycles. The Balaban J connectivity index is 1.48. The summed E-state index contributed by atoms with van der Waals surface area (Å²) >= 11 is 3.21. The number of carboxylic acid groups (broad SMARTS) is 1. The predicted molar refractivity (Wildman–Crippen MR) is 127 cm³/mol. The molecule has 0 radical (unpaired) electrons. The van der Waals surface area contributed by atoms with Crippen LogP contribution in [0.2, 0.25) is 0 Å². The first kappa shape index (κ1) is 27.9. The quantitative estimate of drug-likeness (QED) is 0.287. The van der Waals surface area contributed by atoms with E-state index in [0.29, 0.717) is 10.7 Å². The number of hydrogen-bond donors (Lipinski definition) is 3. The molecule has 2 aliphatic carbocycles. The van der Waals surface area contributed by atoms with Crippen LogP contribution in [-0.4, -0.2) is 31.9 Å². The fourth-order valence-electron chi connectivity index (χ4n) is 5.03. The third-order valence-corrected chi connectivity index (χ3v) is 7.30. The standard InChI is InChI=1S/C24H17BrF7N5O3/c25-14-1-2-16(35-22(39)40)34-19(14)15(5-9-3-10(26)6-11(27)4-9)33-17(38)8-37-21-18(20(36-37)24(30,31)32)12-7-13(12)23(21,28)29/h1-4,6,12-13,15H,5,7-8H2,(H,33,38)(H,34,35)(H,39,40)/t12-,13+,15?/m0/s1. The Morgan fingerprint density at radius 2 is 1.85 bits per heavy atom. The highest BCUT2D eigenvalue weighted by atomic mass is 79.9. The highest BCUT2D eigenvalue weighted by Gasteiger charge is 2.68. The van der Waals surface area contributed by atoms with Gasteiger partial charge in [0, 0.05) is 22.0 Å². The van der Waals surface area contributed by atoms with Crippen LogP contribution in [0.25, 0.3) is 0 Å².